The van der Waals surface area contributed by atoms with Crippen molar-refractivity contribution in [2.24, 2.45) is 5.92 Å². The summed E-state index contributed by atoms with van der Waals surface area (Å²) in [5, 5.41) is 3.03. The highest BCUT2D eigenvalue weighted by atomic mass is 16.5. The summed E-state index contributed by atoms with van der Waals surface area (Å²) >= 11 is 0. The second kappa shape index (κ2) is 7.07. The van der Waals surface area contributed by atoms with E-state index in [1.807, 2.05) is 4.90 Å². The van der Waals surface area contributed by atoms with Gasteiger partial charge in [0.25, 0.3) is 5.91 Å². The van der Waals surface area contributed by atoms with Crippen molar-refractivity contribution in [3.63, 3.8) is 0 Å². The molecule has 1 aliphatic carbocycles. The van der Waals surface area contributed by atoms with Crippen LogP contribution in [0.5, 0.6) is 0 Å². The molecule has 0 unspecified atom stereocenters. The molecule has 6 heteroatoms. The third kappa shape index (κ3) is 3.62. The van der Waals surface area contributed by atoms with Crippen molar-refractivity contribution in [3.05, 3.63) is 0 Å². The van der Waals surface area contributed by atoms with Crippen LogP contribution in [0.15, 0.2) is 0 Å². The van der Waals surface area contributed by atoms with E-state index in [1.54, 1.807) is 19.0 Å². The molecule has 3 amide bonds. The maximum atomic E-state index is 12.5. The van der Waals surface area contributed by atoms with Gasteiger partial charge in [-0.25, -0.2) is 4.79 Å². The van der Waals surface area contributed by atoms with E-state index in [4.69, 9.17) is 4.74 Å². The van der Waals surface area contributed by atoms with Crippen molar-refractivity contribution in [2.75, 3.05) is 27.2 Å². The lowest BCUT2D eigenvalue weighted by atomic mass is 9.85. The lowest BCUT2D eigenvalue weighted by Crippen LogP contribution is -2.47. The second-order valence-corrected chi connectivity index (χ2v) is 7.34. The molecule has 2 saturated heterocycles. The Morgan fingerprint density at radius 1 is 1.13 bits per heavy atom. The molecular formula is C17H29N3O3. The van der Waals surface area contributed by atoms with Crippen LogP contribution in [0, 0.1) is 5.92 Å². The smallest absolute Gasteiger partial charge is 0.317 e. The van der Waals surface area contributed by atoms with Gasteiger partial charge in [0.05, 0.1) is 6.10 Å². The van der Waals surface area contributed by atoms with Crippen LogP contribution in [0.3, 0.4) is 0 Å². The van der Waals surface area contributed by atoms with E-state index in [0.29, 0.717) is 18.5 Å². The quantitative estimate of drug-likeness (QED) is 0.858. The lowest BCUT2D eigenvalue weighted by molar-refractivity contribution is -0.140. The number of nitrogens with zero attached hydrogens (tertiary/aromatic N) is 2. The van der Waals surface area contributed by atoms with E-state index in [-0.39, 0.29) is 24.1 Å². The van der Waals surface area contributed by atoms with Crippen molar-refractivity contribution in [1.29, 1.82) is 0 Å². The molecule has 0 aromatic carbocycles. The zero-order valence-corrected chi connectivity index (χ0v) is 14.3. The molecule has 130 valence electrons. The molecule has 2 heterocycles. The van der Waals surface area contributed by atoms with Gasteiger partial charge in [-0.05, 0) is 38.0 Å². The predicted octanol–water partition coefficient (Wildman–Crippen LogP) is 1.60. The van der Waals surface area contributed by atoms with Gasteiger partial charge in [-0.15, -0.1) is 0 Å². The number of amides is 3. The average molecular weight is 323 g/mol. The maximum Gasteiger partial charge on any atom is 0.317 e. The monoisotopic (exact) mass is 323 g/mol. The number of ether oxygens (including phenoxy) is 1. The van der Waals surface area contributed by atoms with Gasteiger partial charge in [-0.3, -0.25) is 4.79 Å². The molecule has 1 saturated carbocycles. The van der Waals surface area contributed by atoms with E-state index in [1.165, 1.54) is 19.3 Å². The topological polar surface area (TPSA) is 61.9 Å². The fourth-order valence-corrected chi connectivity index (χ4v) is 4.29. The Kier molecular flexibility index (Phi) is 5.09. The summed E-state index contributed by atoms with van der Waals surface area (Å²) in [7, 11) is 3.49. The number of nitrogens with one attached hydrogen (secondary N) is 1. The molecular weight excluding hydrogens is 294 g/mol. The van der Waals surface area contributed by atoms with E-state index >= 15 is 0 Å². The van der Waals surface area contributed by atoms with Crippen molar-refractivity contribution in [1.82, 2.24) is 15.1 Å². The Labute approximate surface area is 138 Å². The van der Waals surface area contributed by atoms with Gasteiger partial charge >= 0.3 is 6.03 Å². The second-order valence-electron chi connectivity index (χ2n) is 7.34. The van der Waals surface area contributed by atoms with Crippen LogP contribution in [0.2, 0.25) is 0 Å². The minimum absolute atomic E-state index is 0.0171. The highest BCUT2D eigenvalue weighted by Gasteiger charge is 2.38. The Morgan fingerprint density at radius 3 is 2.70 bits per heavy atom. The van der Waals surface area contributed by atoms with Crippen molar-refractivity contribution in [2.45, 2.75) is 63.2 Å². The molecule has 3 aliphatic rings. The number of carbonyl (C=O) groups is 2. The fourth-order valence-electron chi connectivity index (χ4n) is 4.29. The minimum atomic E-state index is -0.346. The Balaban J connectivity index is 1.44. The van der Waals surface area contributed by atoms with Crippen LogP contribution < -0.4 is 5.32 Å². The average Bonchev–Trinajstić information content (AvgIpc) is 3.18. The summed E-state index contributed by atoms with van der Waals surface area (Å²) in [6.07, 6.45) is 7.31. The highest BCUT2D eigenvalue weighted by molar-refractivity contribution is 5.80. The van der Waals surface area contributed by atoms with Crippen molar-refractivity contribution < 1.29 is 14.3 Å². The third-order valence-corrected chi connectivity index (χ3v) is 5.58. The SMILES string of the molecule is CN(C)C(=O)[C@@H]1CC[C@H](CNC(=O)N2CC[C@H]3CCCC[C@H]32)O1. The molecule has 3 rings (SSSR count). The number of likely N-dealkylation sites (N-methyl/N-ethyl adjacent to an activating group) is 1. The summed E-state index contributed by atoms with van der Waals surface area (Å²) in [6, 6.07) is 0.488. The molecule has 4 atom stereocenters. The molecule has 0 spiro atoms. The standard InChI is InChI=1S/C17H29N3O3/c1-19(2)16(21)15-8-7-13(23-15)11-18-17(22)20-10-9-12-5-3-4-6-14(12)20/h12-15H,3-11H2,1-2H3,(H,18,22)/t12-,13-,14-,15+/m1/s1. The maximum absolute atomic E-state index is 12.5. The largest absolute Gasteiger partial charge is 0.363 e. The van der Waals surface area contributed by atoms with Crippen LogP contribution in [-0.2, 0) is 9.53 Å². The van der Waals surface area contributed by atoms with Crippen LogP contribution in [0.1, 0.15) is 44.9 Å². The molecule has 0 radical (unpaired) electrons. The molecule has 0 bridgehead atoms. The summed E-state index contributed by atoms with van der Waals surface area (Å²) in [4.78, 5) is 28.0. The van der Waals surface area contributed by atoms with Gasteiger partial charge in [0.2, 0.25) is 0 Å². The number of rotatable bonds is 3. The molecule has 6 nitrogen and oxygen atoms in total. The van der Waals surface area contributed by atoms with E-state index in [9.17, 15) is 9.59 Å². The summed E-state index contributed by atoms with van der Waals surface area (Å²) in [6.45, 7) is 1.39. The van der Waals surface area contributed by atoms with E-state index < -0.39 is 0 Å². The number of hydrogen-bond acceptors (Lipinski definition) is 3. The first-order valence-electron chi connectivity index (χ1n) is 8.97. The van der Waals surface area contributed by atoms with Crippen LogP contribution in [-0.4, -0.2) is 67.2 Å². The minimum Gasteiger partial charge on any atom is -0.363 e. The van der Waals surface area contributed by atoms with Crippen LogP contribution in [0.25, 0.3) is 0 Å². The first-order valence-corrected chi connectivity index (χ1v) is 8.97. The predicted molar refractivity (Wildman–Crippen MR) is 87.1 cm³/mol. The van der Waals surface area contributed by atoms with Crippen molar-refractivity contribution in [3.8, 4) is 0 Å². The molecule has 23 heavy (non-hydrogen) atoms. The summed E-state index contributed by atoms with van der Waals surface area (Å²) < 4.78 is 5.78. The zero-order valence-electron chi connectivity index (χ0n) is 14.3. The van der Waals surface area contributed by atoms with Crippen LogP contribution >= 0.6 is 0 Å². The van der Waals surface area contributed by atoms with Gasteiger partial charge in [0.1, 0.15) is 6.10 Å². The van der Waals surface area contributed by atoms with Gasteiger partial charge in [-0.2, -0.15) is 0 Å². The van der Waals surface area contributed by atoms with E-state index in [0.717, 1.165) is 32.2 Å². The number of likely N-dealkylation sites (tertiary alicyclic amines) is 1. The molecule has 2 aliphatic heterocycles. The molecule has 0 aromatic rings. The van der Waals surface area contributed by atoms with Gasteiger partial charge in [-0.1, -0.05) is 12.8 Å². The highest BCUT2D eigenvalue weighted by Crippen LogP contribution is 2.36. The Hall–Kier alpha value is -1.30. The Morgan fingerprint density at radius 2 is 1.91 bits per heavy atom. The lowest BCUT2D eigenvalue weighted by Gasteiger charge is -2.31. The van der Waals surface area contributed by atoms with Crippen LogP contribution in [0.4, 0.5) is 4.79 Å². The first-order chi connectivity index (χ1) is 11.1. The number of urea groups is 1. The zero-order chi connectivity index (χ0) is 16.4. The summed E-state index contributed by atoms with van der Waals surface area (Å²) in [5.41, 5.74) is 0. The number of fused-ring (bicyclic) bond motifs is 1. The normalized spacial score (nSPS) is 33.4. The number of carbonyl (C=O) groups excluding carboxylic acids is 2. The molecule has 3 fully saturated rings. The van der Waals surface area contributed by atoms with E-state index in [2.05, 4.69) is 5.32 Å². The molecule has 0 aromatic heterocycles. The van der Waals surface area contributed by atoms with Gasteiger partial charge in [0.15, 0.2) is 0 Å². The Bertz CT molecular complexity index is 454. The first kappa shape index (κ1) is 16.6. The number of hydrogen-bond donors (Lipinski definition) is 1. The van der Waals surface area contributed by atoms with Gasteiger partial charge < -0.3 is 19.9 Å². The summed E-state index contributed by atoms with van der Waals surface area (Å²) in [5.74, 6) is 0.725. The molecule has 1 N–H and O–H groups in total. The van der Waals surface area contributed by atoms with Gasteiger partial charge in [0, 0.05) is 33.2 Å². The fraction of sp³-hybridized carbons (Fsp3) is 0.882. The third-order valence-electron chi connectivity index (χ3n) is 5.58. The van der Waals surface area contributed by atoms with Crippen molar-refractivity contribution >= 4 is 11.9 Å².